The number of benzene rings is 2. The van der Waals surface area contributed by atoms with Crippen molar-refractivity contribution in [2.45, 2.75) is 5.16 Å². The van der Waals surface area contributed by atoms with E-state index in [2.05, 4.69) is 21.6 Å². The number of nitriles is 1. The highest BCUT2D eigenvalue weighted by molar-refractivity contribution is 7.99. The number of fused-ring (bicyclic) bond motifs is 1. The van der Waals surface area contributed by atoms with Crippen molar-refractivity contribution in [3.8, 4) is 34.6 Å². The molecule has 5 rings (SSSR count). The highest BCUT2D eigenvalue weighted by atomic mass is 32.2. The lowest BCUT2D eigenvalue weighted by Gasteiger charge is -2.10. The van der Waals surface area contributed by atoms with Gasteiger partial charge in [-0.05, 0) is 41.8 Å². The maximum Gasteiger partial charge on any atom is 0.235 e. The minimum atomic E-state index is -0.221. The third kappa shape index (κ3) is 3.91. The van der Waals surface area contributed by atoms with Crippen molar-refractivity contribution in [3.63, 3.8) is 0 Å². The van der Waals surface area contributed by atoms with Crippen LogP contribution in [0, 0.1) is 11.3 Å². The van der Waals surface area contributed by atoms with Gasteiger partial charge in [0.25, 0.3) is 0 Å². The van der Waals surface area contributed by atoms with Gasteiger partial charge in [-0.1, -0.05) is 30.0 Å². The molecule has 0 atom stereocenters. The Morgan fingerprint density at radius 1 is 1.16 bits per heavy atom. The average Bonchev–Trinajstić information content (AvgIpc) is 3.56. The fraction of sp³-hybridized carbons (Fsp3) is 0.0909. The first kappa shape index (κ1) is 20.1. The number of carbonyl (C=O) groups is 1. The Morgan fingerprint density at radius 3 is 2.84 bits per heavy atom. The molecule has 4 aromatic rings. The van der Waals surface area contributed by atoms with Gasteiger partial charge in [0.15, 0.2) is 22.5 Å². The molecule has 0 spiro atoms. The molecule has 1 aliphatic rings. The van der Waals surface area contributed by atoms with Crippen LogP contribution in [0.15, 0.2) is 65.1 Å². The second-order valence-electron chi connectivity index (χ2n) is 6.66. The smallest absolute Gasteiger partial charge is 0.235 e. The first-order valence-electron chi connectivity index (χ1n) is 9.54. The minimum absolute atomic E-state index is 0.120. The van der Waals surface area contributed by atoms with Crippen LogP contribution in [-0.2, 0) is 4.79 Å². The zero-order valence-corrected chi connectivity index (χ0v) is 18.2. The van der Waals surface area contributed by atoms with Crippen LogP contribution in [0.1, 0.15) is 5.56 Å². The summed E-state index contributed by atoms with van der Waals surface area (Å²) in [4.78, 5) is 12.5. The number of nitrogens with one attached hydrogen (secondary N) is 1. The Balaban J connectivity index is 1.43. The maximum absolute atomic E-state index is 12.5. The number of ether oxygens (including phenoxy) is 2. The average molecular weight is 462 g/mol. The topological polar surface area (TPSA) is 102 Å². The molecule has 1 N–H and O–H groups in total. The van der Waals surface area contributed by atoms with Gasteiger partial charge in [-0.25, -0.2) is 0 Å². The largest absolute Gasteiger partial charge is 0.454 e. The Kier molecular flexibility index (Phi) is 5.49. The van der Waals surface area contributed by atoms with E-state index in [1.54, 1.807) is 11.4 Å². The number of nitrogens with zero attached hydrogens (tertiary/aromatic N) is 4. The van der Waals surface area contributed by atoms with Crippen LogP contribution >= 0.6 is 23.1 Å². The van der Waals surface area contributed by atoms with Crippen LogP contribution in [-0.4, -0.2) is 33.2 Å². The van der Waals surface area contributed by atoms with Crippen LogP contribution in [0.4, 0.5) is 5.00 Å². The number of carbonyl (C=O) groups excluding carboxylic acids is 1. The number of anilines is 1. The molecule has 2 aromatic heterocycles. The molecule has 0 aliphatic carbocycles. The fourth-order valence-corrected chi connectivity index (χ4v) is 4.69. The highest BCUT2D eigenvalue weighted by Gasteiger charge is 2.20. The molecule has 0 bridgehead atoms. The first-order chi connectivity index (χ1) is 15.7. The molecule has 3 heterocycles. The Bertz CT molecular complexity index is 1330. The standard InChI is InChI=1S/C22H15N5O3S2/c23-11-15-8-9-31-21(15)24-19(28)12-32-22-26-25-20(27(22)16-4-2-1-3-5-16)14-6-7-17-18(10-14)30-13-29-17/h1-10H,12-13H2,(H,24,28). The molecule has 10 heteroatoms. The normalized spacial score (nSPS) is 11.8. The summed E-state index contributed by atoms with van der Waals surface area (Å²) in [6.07, 6.45) is 0. The van der Waals surface area contributed by atoms with Gasteiger partial charge in [-0.3, -0.25) is 9.36 Å². The summed E-state index contributed by atoms with van der Waals surface area (Å²) in [6.45, 7) is 0.193. The molecule has 0 fully saturated rings. The Morgan fingerprint density at radius 2 is 2.00 bits per heavy atom. The van der Waals surface area contributed by atoms with Gasteiger partial charge in [-0.2, -0.15) is 5.26 Å². The third-order valence-corrected chi connectivity index (χ3v) is 6.41. The molecule has 32 heavy (non-hydrogen) atoms. The molecule has 158 valence electrons. The minimum Gasteiger partial charge on any atom is -0.454 e. The summed E-state index contributed by atoms with van der Waals surface area (Å²) >= 11 is 2.59. The van der Waals surface area contributed by atoms with E-state index in [-0.39, 0.29) is 18.5 Å². The van der Waals surface area contributed by atoms with E-state index in [9.17, 15) is 4.79 Å². The third-order valence-electron chi connectivity index (χ3n) is 4.65. The number of para-hydroxylation sites is 1. The van der Waals surface area contributed by atoms with Gasteiger partial charge in [0.2, 0.25) is 12.7 Å². The number of hydrogen-bond acceptors (Lipinski definition) is 8. The molecule has 0 radical (unpaired) electrons. The van der Waals surface area contributed by atoms with Crippen LogP contribution in [0.3, 0.4) is 0 Å². The molecule has 1 amide bonds. The van der Waals surface area contributed by atoms with Gasteiger partial charge in [0.1, 0.15) is 11.1 Å². The lowest BCUT2D eigenvalue weighted by Crippen LogP contribution is -2.14. The molecule has 0 saturated carbocycles. The van der Waals surface area contributed by atoms with Crippen molar-refractivity contribution < 1.29 is 14.3 Å². The number of thiophene rings is 1. The number of thioether (sulfide) groups is 1. The van der Waals surface area contributed by atoms with Crippen molar-refractivity contribution in [1.29, 1.82) is 5.26 Å². The van der Waals surface area contributed by atoms with Crippen molar-refractivity contribution >= 4 is 34.0 Å². The van der Waals surface area contributed by atoms with Gasteiger partial charge in [-0.15, -0.1) is 21.5 Å². The summed E-state index contributed by atoms with van der Waals surface area (Å²) in [7, 11) is 0. The van der Waals surface area contributed by atoms with Gasteiger partial charge < -0.3 is 14.8 Å². The highest BCUT2D eigenvalue weighted by Crippen LogP contribution is 2.37. The van der Waals surface area contributed by atoms with E-state index in [0.717, 1.165) is 11.3 Å². The van der Waals surface area contributed by atoms with E-state index < -0.39 is 0 Å². The molecule has 0 unspecified atom stereocenters. The van der Waals surface area contributed by atoms with Crippen molar-refractivity contribution in [1.82, 2.24) is 14.8 Å². The fourth-order valence-electron chi connectivity index (χ4n) is 3.18. The van der Waals surface area contributed by atoms with Gasteiger partial charge in [0.05, 0.1) is 11.3 Å². The monoisotopic (exact) mass is 461 g/mol. The van der Waals surface area contributed by atoms with Crippen LogP contribution < -0.4 is 14.8 Å². The van der Waals surface area contributed by atoms with Crippen LogP contribution in [0.5, 0.6) is 11.5 Å². The van der Waals surface area contributed by atoms with Gasteiger partial charge in [0, 0.05) is 11.3 Å². The predicted octanol–water partition coefficient (Wildman–Crippen LogP) is 4.33. The van der Waals surface area contributed by atoms with E-state index in [0.29, 0.717) is 33.0 Å². The maximum atomic E-state index is 12.5. The molecular weight excluding hydrogens is 446 g/mol. The lowest BCUT2D eigenvalue weighted by atomic mass is 10.2. The summed E-state index contributed by atoms with van der Waals surface area (Å²) in [5, 5.41) is 23.5. The van der Waals surface area contributed by atoms with Crippen molar-refractivity contribution in [2.75, 3.05) is 17.9 Å². The molecule has 8 nitrogen and oxygen atoms in total. The molecule has 1 aliphatic heterocycles. The summed E-state index contributed by atoms with van der Waals surface area (Å²) in [5.74, 6) is 1.87. The van der Waals surface area contributed by atoms with Gasteiger partial charge >= 0.3 is 0 Å². The quantitative estimate of drug-likeness (QED) is 0.427. The van der Waals surface area contributed by atoms with Crippen molar-refractivity contribution in [3.05, 3.63) is 65.5 Å². The lowest BCUT2D eigenvalue weighted by molar-refractivity contribution is -0.113. The second kappa shape index (κ2) is 8.74. The number of hydrogen-bond donors (Lipinski definition) is 1. The van der Waals surface area contributed by atoms with Crippen molar-refractivity contribution in [2.24, 2.45) is 0 Å². The number of aromatic nitrogens is 3. The summed E-state index contributed by atoms with van der Waals surface area (Å²) in [5.41, 5.74) is 2.14. The molecule has 2 aromatic carbocycles. The Labute approximate surface area is 191 Å². The van der Waals surface area contributed by atoms with Crippen LogP contribution in [0.2, 0.25) is 0 Å². The molecule has 0 saturated heterocycles. The summed E-state index contributed by atoms with van der Waals surface area (Å²) in [6, 6.07) is 19.1. The SMILES string of the molecule is N#Cc1ccsc1NC(=O)CSc1nnc(-c2ccc3c(c2)OCO3)n1-c1ccccc1. The van der Waals surface area contributed by atoms with Crippen LogP contribution in [0.25, 0.3) is 17.1 Å². The number of rotatable bonds is 6. The summed E-state index contributed by atoms with van der Waals surface area (Å²) < 4.78 is 12.8. The Hall–Kier alpha value is -3.81. The number of amides is 1. The van der Waals surface area contributed by atoms with E-state index in [1.807, 2.05) is 53.1 Å². The first-order valence-corrected chi connectivity index (χ1v) is 11.4. The zero-order chi connectivity index (χ0) is 21.9. The van der Waals surface area contributed by atoms with E-state index in [1.165, 1.54) is 23.1 Å². The molecular formula is C22H15N5O3S2. The van der Waals surface area contributed by atoms with E-state index in [4.69, 9.17) is 14.7 Å². The van der Waals surface area contributed by atoms with E-state index >= 15 is 0 Å². The predicted molar refractivity (Wildman–Crippen MR) is 121 cm³/mol. The zero-order valence-electron chi connectivity index (χ0n) is 16.5. The second-order valence-corrected chi connectivity index (χ2v) is 8.52.